The largest absolute Gasteiger partial charge is 0.394 e. The Morgan fingerprint density at radius 1 is 1.15 bits per heavy atom. The zero-order valence-electron chi connectivity index (χ0n) is 7.76. The summed E-state index contributed by atoms with van der Waals surface area (Å²) in [6.07, 6.45) is 0.993. The Bertz CT molecular complexity index is 172. The fourth-order valence-electron chi connectivity index (χ4n) is 0.231. The molecule has 0 aromatic carbocycles. The van der Waals surface area contributed by atoms with Crippen molar-refractivity contribution in [2.24, 2.45) is 0 Å². The SMILES string of the molecule is COS(C)(=O)=O.OCCOCCO. The number of hydrogen-bond acceptors (Lipinski definition) is 6. The van der Waals surface area contributed by atoms with Gasteiger partial charge in [0.15, 0.2) is 0 Å². The molecule has 6 nitrogen and oxygen atoms in total. The van der Waals surface area contributed by atoms with Gasteiger partial charge in [-0.05, 0) is 0 Å². The summed E-state index contributed by atoms with van der Waals surface area (Å²) in [5.41, 5.74) is 0. The molecule has 0 saturated carbocycles. The number of aliphatic hydroxyl groups excluding tert-OH is 2. The number of rotatable bonds is 5. The van der Waals surface area contributed by atoms with Gasteiger partial charge in [0, 0.05) is 0 Å². The maximum Gasteiger partial charge on any atom is 0.264 e. The van der Waals surface area contributed by atoms with E-state index in [2.05, 4.69) is 8.92 Å². The molecule has 0 aliphatic carbocycles. The van der Waals surface area contributed by atoms with Crippen LogP contribution in [0.5, 0.6) is 0 Å². The van der Waals surface area contributed by atoms with Crippen LogP contribution in [0.15, 0.2) is 0 Å². The second-order valence-electron chi connectivity index (χ2n) is 1.93. The van der Waals surface area contributed by atoms with E-state index in [9.17, 15) is 8.42 Å². The summed E-state index contributed by atoms with van der Waals surface area (Å²) < 4.78 is 28.1. The summed E-state index contributed by atoms with van der Waals surface area (Å²) in [4.78, 5) is 0. The maximum atomic E-state index is 9.78. The Kier molecular flexibility index (Phi) is 11.6. The van der Waals surface area contributed by atoms with Gasteiger partial charge in [-0.25, -0.2) is 0 Å². The van der Waals surface area contributed by atoms with Crippen LogP contribution in [0.2, 0.25) is 0 Å². The van der Waals surface area contributed by atoms with Crippen LogP contribution in [0.1, 0.15) is 0 Å². The molecule has 0 heterocycles. The van der Waals surface area contributed by atoms with Crippen molar-refractivity contribution in [1.29, 1.82) is 0 Å². The van der Waals surface area contributed by atoms with Crippen molar-refractivity contribution in [1.82, 2.24) is 0 Å². The van der Waals surface area contributed by atoms with Crippen molar-refractivity contribution >= 4 is 10.1 Å². The molecule has 13 heavy (non-hydrogen) atoms. The van der Waals surface area contributed by atoms with E-state index in [-0.39, 0.29) is 13.2 Å². The highest BCUT2D eigenvalue weighted by molar-refractivity contribution is 7.85. The molecule has 0 aromatic rings. The van der Waals surface area contributed by atoms with Crippen molar-refractivity contribution in [2.75, 3.05) is 39.8 Å². The molecule has 0 aliphatic rings. The summed E-state index contributed by atoms with van der Waals surface area (Å²) in [6, 6.07) is 0. The molecular formula is C6H16O6S. The molecule has 7 heteroatoms. The lowest BCUT2D eigenvalue weighted by molar-refractivity contribution is 0.0650. The fourth-order valence-corrected chi connectivity index (χ4v) is 0.231. The monoisotopic (exact) mass is 216 g/mol. The standard InChI is InChI=1S/C4H10O3.C2H6O3S/c5-1-3-7-4-2-6;1-5-6(2,3)4/h5-6H,1-4H2;1-2H3. The molecule has 0 aliphatic heterocycles. The highest BCUT2D eigenvalue weighted by Crippen LogP contribution is 1.75. The van der Waals surface area contributed by atoms with Crippen LogP contribution in [0.25, 0.3) is 0 Å². The lowest BCUT2D eigenvalue weighted by Gasteiger charge is -1.94. The summed E-state index contributed by atoms with van der Waals surface area (Å²) in [5, 5.41) is 16.2. The normalized spacial score (nSPS) is 10.5. The van der Waals surface area contributed by atoms with Crippen LogP contribution in [-0.2, 0) is 19.0 Å². The molecule has 0 unspecified atom stereocenters. The highest BCUT2D eigenvalue weighted by atomic mass is 32.2. The van der Waals surface area contributed by atoms with Crippen LogP contribution in [-0.4, -0.2) is 58.4 Å². The Hall–Kier alpha value is -0.210. The van der Waals surface area contributed by atoms with Gasteiger partial charge in [-0.2, -0.15) is 8.42 Å². The van der Waals surface area contributed by atoms with E-state index in [0.29, 0.717) is 13.2 Å². The minimum atomic E-state index is -3.16. The Balaban J connectivity index is 0. The maximum absolute atomic E-state index is 9.78. The van der Waals surface area contributed by atoms with Crippen molar-refractivity contribution in [2.45, 2.75) is 0 Å². The van der Waals surface area contributed by atoms with E-state index in [4.69, 9.17) is 10.2 Å². The number of ether oxygens (including phenoxy) is 1. The molecule has 82 valence electrons. The average molecular weight is 216 g/mol. The van der Waals surface area contributed by atoms with E-state index in [0.717, 1.165) is 13.4 Å². The van der Waals surface area contributed by atoms with Gasteiger partial charge in [-0.15, -0.1) is 0 Å². The first kappa shape index (κ1) is 15.3. The fraction of sp³-hybridized carbons (Fsp3) is 1.00. The first-order valence-corrected chi connectivity index (χ1v) is 5.34. The van der Waals surface area contributed by atoms with E-state index >= 15 is 0 Å². The molecule has 2 N–H and O–H groups in total. The number of aliphatic hydroxyl groups is 2. The second kappa shape index (κ2) is 9.87. The van der Waals surface area contributed by atoms with Gasteiger partial charge in [0.1, 0.15) is 0 Å². The van der Waals surface area contributed by atoms with Crippen LogP contribution in [0.4, 0.5) is 0 Å². The van der Waals surface area contributed by atoms with Gasteiger partial charge < -0.3 is 14.9 Å². The quantitative estimate of drug-likeness (QED) is 0.433. The smallest absolute Gasteiger partial charge is 0.264 e. The third-order valence-electron chi connectivity index (χ3n) is 0.774. The molecular weight excluding hydrogens is 200 g/mol. The molecule has 0 radical (unpaired) electrons. The Morgan fingerprint density at radius 2 is 1.46 bits per heavy atom. The summed E-state index contributed by atoms with van der Waals surface area (Å²) in [5.74, 6) is 0. The van der Waals surface area contributed by atoms with Gasteiger partial charge >= 0.3 is 0 Å². The zero-order valence-corrected chi connectivity index (χ0v) is 8.58. The molecule has 0 rings (SSSR count). The van der Waals surface area contributed by atoms with E-state index in [1.54, 1.807) is 0 Å². The molecule has 0 aromatic heterocycles. The van der Waals surface area contributed by atoms with Crippen molar-refractivity contribution in [3.05, 3.63) is 0 Å². The van der Waals surface area contributed by atoms with Crippen molar-refractivity contribution in [3.8, 4) is 0 Å². The van der Waals surface area contributed by atoms with Gasteiger partial charge in [0.2, 0.25) is 0 Å². The van der Waals surface area contributed by atoms with E-state index in [1.165, 1.54) is 0 Å². The number of hydrogen-bond donors (Lipinski definition) is 2. The molecule has 0 bridgehead atoms. The van der Waals surface area contributed by atoms with Crippen LogP contribution >= 0.6 is 0 Å². The first-order chi connectivity index (χ1) is 5.97. The topological polar surface area (TPSA) is 93.1 Å². The minimum absolute atomic E-state index is 0.0278. The lowest BCUT2D eigenvalue weighted by atomic mass is 10.7. The van der Waals surface area contributed by atoms with Crippen LogP contribution in [0.3, 0.4) is 0 Å². The van der Waals surface area contributed by atoms with Crippen LogP contribution < -0.4 is 0 Å². The first-order valence-electron chi connectivity index (χ1n) is 3.53. The van der Waals surface area contributed by atoms with Gasteiger partial charge in [-0.3, -0.25) is 4.18 Å². The van der Waals surface area contributed by atoms with E-state index in [1.807, 2.05) is 0 Å². The van der Waals surface area contributed by atoms with Gasteiger partial charge in [-0.1, -0.05) is 0 Å². The van der Waals surface area contributed by atoms with Crippen molar-refractivity contribution < 1.29 is 27.6 Å². The van der Waals surface area contributed by atoms with Gasteiger partial charge in [0.25, 0.3) is 10.1 Å². The van der Waals surface area contributed by atoms with Gasteiger partial charge in [0.05, 0.1) is 39.8 Å². The summed E-state index contributed by atoms with van der Waals surface area (Å²) in [6.45, 7) is 0.696. The lowest BCUT2D eigenvalue weighted by Crippen LogP contribution is -2.03. The predicted octanol–water partition coefficient (Wildman–Crippen LogP) is -1.42. The summed E-state index contributed by atoms with van der Waals surface area (Å²) >= 11 is 0. The average Bonchev–Trinajstić information content (AvgIpc) is 2.06. The molecule has 0 amide bonds. The molecule has 0 atom stereocenters. The molecule has 0 saturated heterocycles. The molecule has 0 spiro atoms. The predicted molar refractivity (Wildman–Crippen MR) is 46.8 cm³/mol. The van der Waals surface area contributed by atoms with Crippen LogP contribution in [0, 0.1) is 0 Å². The van der Waals surface area contributed by atoms with E-state index < -0.39 is 10.1 Å². The Morgan fingerprint density at radius 3 is 1.62 bits per heavy atom. The third kappa shape index (κ3) is 24.5. The molecule has 0 fully saturated rings. The Labute approximate surface area is 78.2 Å². The highest BCUT2D eigenvalue weighted by Gasteiger charge is 1.90. The van der Waals surface area contributed by atoms with Crippen molar-refractivity contribution in [3.63, 3.8) is 0 Å². The minimum Gasteiger partial charge on any atom is -0.394 e. The zero-order chi connectivity index (χ0) is 10.7. The third-order valence-corrected chi connectivity index (χ3v) is 1.38. The second-order valence-corrected chi connectivity index (χ2v) is 3.67. The summed E-state index contributed by atoms with van der Waals surface area (Å²) in [7, 11) is -2.04.